The predicted octanol–water partition coefficient (Wildman–Crippen LogP) is 3.24. The minimum absolute atomic E-state index is 0.0403. The molecule has 0 spiro atoms. The molecule has 1 aliphatic rings. The fourth-order valence-corrected chi connectivity index (χ4v) is 3.61. The molecule has 0 bridgehead atoms. The van der Waals surface area contributed by atoms with Gasteiger partial charge in [-0.05, 0) is 49.1 Å². The molecule has 6 nitrogen and oxygen atoms in total. The number of ether oxygens (including phenoxy) is 1. The number of pyridine rings is 1. The molecule has 138 valence electrons. The van der Waals surface area contributed by atoms with E-state index in [1.54, 1.807) is 18.2 Å². The molecule has 3 aromatic rings. The number of hydrogen-bond acceptors (Lipinski definition) is 4. The molecule has 4 rings (SSSR count). The molecule has 0 saturated carbocycles. The molecule has 1 N–H and O–H groups in total. The number of aryl methyl sites for hydroxylation is 1. The second-order valence-corrected chi connectivity index (χ2v) is 6.78. The Hall–Kier alpha value is -3.15. The largest absolute Gasteiger partial charge is 0.494 e. The predicted molar refractivity (Wildman–Crippen MR) is 103 cm³/mol. The van der Waals surface area contributed by atoms with Gasteiger partial charge in [0, 0.05) is 30.1 Å². The molecular formula is C21H22N4O2. The summed E-state index contributed by atoms with van der Waals surface area (Å²) in [5.41, 5.74) is 5.67. The lowest BCUT2D eigenvalue weighted by Gasteiger charge is -2.17. The number of nitrogens with one attached hydrogen (secondary N) is 1. The average molecular weight is 362 g/mol. The van der Waals surface area contributed by atoms with E-state index in [1.165, 1.54) is 11.3 Å². The number of fused-ring (bicyclic) bond motifs is 1. The molecule has 27 heavy (non-hydrogen) atoms. The van der Waals surface area contributed by atoms with Gasteiger partial charge in [0.25, 0.3) is 5.91 Å². The van der Waals surface area contributed by atoms with Crippen molar-refractivity contribution in [3.05, 3.63) is 65.1 Å². The van der Waals surface area contributed by atoms with Crippen LogP contribution in [0.1, 0.15) is 33.7 Å². The third-order valence-corrected chi connectivity index (χ3v) is 5.00. The van der Waals surface area contributed by atoms with Crippen LogP contribution in [-0.4, -0.2) is 40.1 Å². The summed E-state index contributed by atoms with van der Waals surface area (Å²) in [5, 5.41) is 7.50. The molecule has 0 unspecified atom stereocenters. The van der Waals surface area contributed by atoms with Gasteiger partial charge in [0.05, 0.1) is 19.3 Å². The number of nitrogens with zero attached hydrogens (tertiary/aromatic N) is 3. The maximum atomic E-state index is 12.9. The maximum Gasteiger partial charge on any atom is 0.253 e. The molecule has 0 fully saturated rings. The first-order valence-corrected chi connectivity index (χ1v) is 9.07. The number of aromatic nitrogens is 3. The molecule has 2 heterocycles. The van der Waals surface area contributed by atoms with Crippen LogP contribution in [0.3, 0.4) is 0 Å². The van der Waals surface area contributed by atoms with E-state index in [-0.39, 0.29) is 5.91 Å². The van der Waals surface area contributed by atoms with E-state index >= 15 is 0 Å². The van der Waals surface area contributed by atoms with E-state index in [0.717, 1.165) is 36.2 Å². The summed E-state index contributed by atoms with van der Waals surface area (Å²) in [6.07, 6.45) is 4.96. The fourth-order valence-electron chi connectivity index (χ4n) is 3.61. The minimum atomic E-state index is -0.0403. The third-order valence-electron chi connectivity index (χ3n) is 5.00. The van der Waals surface area contributed by atoms with Crippen LogP contribution in [0.2, 0.25) is 0 Å². The number of H-pyrrole nitrogens is 1. The number of amides is 1. The molecular weight excluding hydrogens is 340 g/mol. The number of carbonyl (C=O) groups excluding carboxylic acids is 1. The van der Waals surface area contributed by atoms with Crippen molar-refractivity contribution in [2.24, 2.45) is 0 Å². The van der Waals surface area contributed by atoms with Gasteiger partial charge < -0.3 is 9.64 Å². The highest BCUT2D eigenvalue weighted by Gasteiger charge is 2.21. The van der Waals surface area contributed by atoms with Gasteiger partial charge in [-0.25, -0.2) is 0 Å². The summed E-state index contributed by atoms with van der Waals surface area (Å²) >= 11 is 0. The van der Waals surface area contributed by atoms with Crippen molar-refractivity contribution in [2.45, 2.75) is 25.8 Å². The van der Waals surface area contributed by atoms with Crippen molar-refractivity contribution < 1.29 is 9.53 Å². The van der Waals surface area contributed by atoms with Crippen LogP contribution in [0, 0.1) is 0 Å². The quantitative estimate of drug-likeness (QED) is 0.756. The summed E-state index contributed by atoms with van der Waals surface area (Å²) in [5.74, 6) is 0.643. The average Bonchev–Trinajstić information content (AvgIpc) is 3.32. The van der Waals surface area contributed by atoms with Crippen molar-refractivity contribution in [3.63, 3.8) is 0 Å². The molecule has 6 heteroatoms. The zero-order valence-corrected chi connectivity index (χ0v) is 15.5. The van der Waals surface area contributed by atoms with Crippen LogP contribution < -0.4 is 4.74 Å². The van der Waals surface area contributed by atoms with Gasteiger partial charge in [0.2, 0.25) is 0 Å². The van der Waals surface area contributed by atoms with Crippen molar-refractivity contribution in [3.8, 4) is 17.0 Å². The molecule has 0 aliphatic heterocycles. The smallest absolute Gasteiger partial charge is 0.253 e. The lowest BCUT2D eigenvalue weighted by molar-refractivity contribution is 0.0783. The van der Waals surface area contributed by atoms with Crippen LogP contribution in [0.25, 0.3) is 11.3 Å². The first-order chi connectivity index (χ1) is 13.2. The third kappa shape index (κ3) is 3.30. The summed E-state index contributed by atoms with van der Waals surface area (Å²) in [6.45, 7) is 0.502. The first-order valence-electron chi connectivity index (χ1n) is 9.07. The molecule has 0 atom stereocenters. The molecule has 2 aromatic heterocycles. The summed E-state index contributed by atoms with van der Waals surface area (Å²) < 4.78 is 5.39. The van der Waals surface area contributed by atoms with Gasteiger partial charge in [0.15, 0.2) is 0 Å². The Kier molecular flexibility index (Phi) is 4.62. The van der Waals surface area contributed by atoms with Crippen LogP contribution in [-0.2, 0) is 19.4 Å². The van der Waals surface area contributed by atoms with Gasteiger partial charge in [-0.3, -0.25) is 14.9 Å². The summed E-state index contributed by atoms with van der Waals surface area (Å²) in [4.78, 5) is 19.1. The second kappa shape index (κ2) is 7.23. The standard InChI is InChI=1S/C21H22N4O2/c1-25(13-18-16-8-4-9-17(16)23-24-18)21(26)15-7-3-6-14(12-15)20-19(27-2)10-5-11-22-20/h3,5-7,10-12H,4,8-9,13H2,1-2H3,(H,23,24). The van der Waals surface area contributed by atoms with Gasteiger partial charge in [0.1, 0.15) is 11.4 Å². The topological polar surface area (TPSA) is 71.1 Å². The monoisotopic (exact) mass is 362 g/mol. The fraction of sp³-hybridized carbons (Fsp3) is 0.286. The van der Waals surface area contributed by atoms with Crippen molar-refractivity contribution in [1.82, 2.24) is 20.1 Å². The number of methoxy groups -OCH3 is 1. The van der Waals surface area contributed by atoms with E-state index in [9.17, 15) is 4.79 Å². The van der Waals surface area contributed by atoms with Crippen LogP contribution in [0.4, 0.5) is 0 Å². The van der Waals surface area contributed by atoms with Crippen LogP contribution in [0.5, 0.6) is 5.75 Å². The molecule has 1 aliphatic carbocycles. The number of hydrogen-bond donors (Lipinski definition) is 1. The zero-order chi connectivity index (χ0) is 18.8. The molecule has 0 saturated heterocycles. The van der Waals surface area contributed by atoms with E-state index < -0.39 is 0 Å². The van der Waals surface area contributed by atoms with E-state index in [1.807, 2.05) is 43.4 Å². The normalized spacial score (nSPS) is 12.7. The summed E-state index contributed by atoms with van der Waals surface area (Å²) in [6, 6.07) is 11.2. The Balaban J connectivity index is 1.57. The Bertz CT molecular complexity index is 980. The molecule has 0 radical (unpaired) electrons. The Morgan fingerprint density at radius 3 is 3.00 bits per heavy atom. The number of carbonyl (C=O) groups is 1. The molecule has 1 aromatic carbocycles. The second-order valence-electron chi connectivity index (χ2n) is 6.78. The Morgan fingerprint density at radius 1 is 1.26 bits per heavy atom. The first kappa shape index (κ1) is 17.3. The zero-order valence-electron chi connectivity index (χ0n) is 15.5. The maximum absolute atomic E-state index is 12.9. The van der Waals surface area contributed by atoms with Crippen LogP contribution in [0.15, 0.2) is 42.6 Å². The Morgan fingerprint density at radius 2 is 2.15 bits per heavy atom. The van der Waals surface area contributed by atoms with Crippen molar-refractivity contribution in [2.75, 3.05) is 14.2 Å². The van der Waals surface area contributed by atoms with Crippen LogP contribution >= 0.6 is 0 Å². The van der Waals surface area contributed by atoms with Gasteiger partial charge >= 0.3 is 0 Å². The van der Waals surface area contributed by atoms with Gasteiger partial charge in [-0.1, -0.05) is 12.1 Å². The highest BCUT2D eigenvalue weighted by atomic mass is 16.5. The lowest BCUT2D eigenvalue weighted by atomic mass is 10.1. The minimum Gasteiger partial charge on any atom is -0.494 e. The van der Waals surface area contributed by atoms with Crippen molar-refractivity contribution >= 4 is 5.91 Å². The van der Waals surface area contributed by atoms with E-state index in [4.69, 9.17) is 4.74 Å². The lowest BCUT2D eigenvalue weighted by Crippen LogP contribution is -2.26. The molecule has 1 amide bonds. The van der Waals surface area contributed by atoms with Gasteiger partial charge in [-0.15, -0.1) is 0 Å². The number of aromatic amines is 1. The van der Waals surface area contributed by atoms with Crippen molar-refractivity contribution in [1.29, 1.82) is 0 Å². The van der Waals surface area contributed by atoms with E-state index in [2.05, 4.69) is 15.2 Å². The highest BCUT2D eigenvalue weighted by Crippen LogP contribution is 2.28. The summed E-state index contributed by atoms with van der Waals surface area (Å²) in [7, 11) is 3.43. The van der Waals surface area contributed by atoms with Gasteiger partial charge in [-0.2, -0.15) is 5.10 Å². The SMILES string of the molecule is COc1cccnc1-c1cccc(C(=O)N(C)Cc2n[nH]c3c2CCC3)c1. The Labute approximate surface area is 158 Å². The van der Waals surface area contributed by atoms with E-state index in [0.29, 0.717) is 17.9 Å². The number of rotatable bonds is 5. The highest BCUT2D eigenvalue weighted by molar-refractivity contribution is 5.95. The number of benzene rings is 1.